The minimum atomic E-state index is -1.37. The van der Waals surface area contributed by atoms with Crippen LogP contribution in [0.3, 0.4) is 0 Å². The number of hydrogen-bond donors (Lipinski definition) is 1. The van der Waals surface area contributed by atoms with Crippen LogP contribution < -0.4 is 0 Å². The Kier molecular flexibility index (Phi) is 5.12. The molecule has 0 unspecified atom stereocenters. The average molecular weight is 386 g/mol. The van der Waals surface area contributed by atoms with Crippen molar-refractivity contribution in [1.29, 1.82) is 0 Å². The molecule has 132 valence electrons. The first-order valence-corrected chi connectivity index (χ1v) is 15.7. The summed E-state index contributed by atoms with van der Waals surface area (Å²) in [6, 6.07) is 19.1. The van der Waals surface area contributed by atoms with Crippen LogP contribution in [0.5, 0.6) is 0 Å². The third kappa shape index (κ3) is 3.70. The average Bonchev–Trinajstić information content (AvgIpc) is 2.78. The smallest absolute Gasteiger partial charge is 0.216 e. The molecule has 1 heterocycles. The third-order valence-electron chi connectivity index (χ3n) is 5.58. The quantitative estimate of drug-likeness (QED) is 0.542. The maximum Gasteiger partial charge on any atom is 0.216 e. The summed E-state index contributed by atoms with van der Waals surface area (Å²) in [6.07, 6.45) is 0. The van der Waals surface area contributed by atoms with Gasteiger partial charge in [0.15, 0.2) is 0 Å². The van der Waals surface area contributed by atoms with Crippen LogP contribution >= 0.6 is 12.6 Å². The molecule has 25 heavy (non-hydrogen) atoms. The maximum absolute atomic E-state index is 12.2. The van der Waals surface area contributed by atoms with Crippen molar-refractivity contribution in [3.8, 4) is 11.1 Å². The summed E-state index contributed by atoms with van der Waals surface area (Å²) in [7, 11) is -2.73. The fourth-order valence-electron chi connectivity index (χ4n) is 4.16. The number of nitrogens with zero attached hydrogens (tertiary/aromatic N) is 1. The van der Waals surface area contributed by atoms with Crippen molar-refractivity contribution in [3.05, 3.63) is 59.7 Å². The fourth-order valence-corrected chi connectivity index (χ4v) is 18.2. The van der Waals surface area contributed by atoms with Crippen LogP contribution in [-0.4, -0.2) is 25.8 Å². The van der Waals surface area contributed by atoms with E-state index >= 15 is 0 Å². The first-order chi connectivity index (χ1) is 11.7. The van der Waals surface area contributed by atoms with E-state index in [1.807, 2.05) is 30.3 Å². The van der Waals surface area contributed by atoms with Gasteiger partial charge in [-0.25, -0.2) is 0 Å². The predicted molar refractivity (Wildman–Crippen MR) is 115 cm³/mol. The molecule has 0 aromatic heterocycles. The summed E-state index contributed by atoms with van der Waals surface area (Å²) >= 11 is 4.14. The van der Waals surface area contributed by atoms with Gasteiger partial charge in [-0.1, -0.05) is 68.7 Å². The second kappa shape index (κ2) is 6.87. The molecule has 0 aliphatic carbocycles. The molecule has 0 radical (unpaired) electrons. The monoisotopic (exact) mass is 385 g/mol. The molecule has 2 nitrogen and oxygen atoms in total. The Morgan fingerprint density at radius 1 is 0.960 bits per heavy atom. The number of thiol groups is 1. The summed E-state index contributed by atoms with van der Waals surface area (Å²) in [5.74, 6) is 0. The number of carbonyl (C=O) groups is 1. The fraction of sp³-hybridized carbons (Fsp3) is 0.350. The van der Waals surface area contributed by atoms with E-state index in [1.165, 1.54) is 17.7 Å². The Hall–Kier alpha value is -1.15. The lowest BCUT2D eigenvalue weighted by molar-refractivity contribution is 0.109. The second-order valence-electron chi connectivity index (χ2n) is 8.22. The summed E-state index contributed by atoms with van der Waals surface area (Å²) in [6.45, 7) is 10.9. The standard InChI is InChI=1S/C20H27NOSSi2/c1-24(2)13-14-25(3,4)21(24)15-17-11-8-12-18(20(22)23)19(17)16-9-6-5-7-10-16/h5-12H,13-15H2,1-4H3,(H,22,23). The van der Waals surface area contributed by atoms with Crippen molar-refractivity contribution >= 4 is 34.2 Å². The van der Waals surface area contributed by atoms with Gasteiger partial charge in [0.05, 0.1) is 0 Å². The van der Waals surface area contributed by atoms with Gasteiger partial charge in [-0.3, -0.25) is 4.79 Å². The molecular weight excluding hydrogens is 358 g/mol. The lowest BCUT2D eigenvalue weighted by atomic mass is 9.95. The molecular formula is C20H27NOSSi2. The molecule has 0 saturated carbocycles. The van der Waals surface area contributed by atoms with Gasteiger partial charge in [0.25, 0.3) is 0 Å². The first-order valence-electron chi connectivity index (χ1n) is 8.91. The van der Waals surface area contributed by atoms with E-state index in [4.69, 9.17) is 0 Å². The van der Waals surface area contributed by atoms with Gasteiger partial charge in [0, 0.05) is 12.1 Å². The number of rotatable bonds is 4. The summed E-state index contributed by atoms with van der Waals surface area (Å²) < 4.78 is 2.86. The van der Waals surface area contributed by atoms with E-state index in [2.05, 4.69) is 61.2 Å². The van der Waals surface area contributed by atoms with Crippen molar-refractivity contribution in [2.24, 2.45) is 0 Å². The van der Waals surface area contributed by atoms with Gasteiger partial charge in [-0.05, 0) is 34.8 Å². The molecule has 0 bridgehead atoms. The Balaban J connectivity index is 2.11. The molecule has 5 heteroatoms. The normalized spacial score (nSPS) is 19.1. The zero-order valence-corrected chi connectivity index (χ0v) is 18.4. The van der Waals surface area contributed by atoms with Crippen LogP contribution in [0.25, 0.3) is 11.1 Å². The maximum atomic E-state index is 12.2. The first kappa shape index (κ1) is 18.6. The van der Waals surface area contributed by atoms with Crippen molar-refractivity contribution < 1.29 is 4.79 Å². The van der Waals surface area contributed by atoms with Crippen LogP contribution in [0.4, 0.5) is 0 Å². The van der Waals surface area contributed by atoms with Crippen LogP contribution in [0.1, 0.15) is 15.9 Å². The molecule has 1 fully saturated rings. The highest BCUT2D eigenvalue weighted by molar-refractivity contribution is 7.97. The molecule has 2 aromatic carbocycles. The number of hydrogen-bond acceptors (Lipinski definition) is 2. The topological polar surface area (TPSA) is 20.3 Å². The zero-order valence-electron chi connectivity index (χ0n) is 15.5. The summed E-state index contributed by atoms with van der Waals surface area (Å²) in [5, 5.41) is -0.157. The van der Waals surface area contributed by atoms with Crippen LogP contribution in [0.15, 0.2) is 48.5 Å². The van der Waals surface area contributed by atoms with E-state index in [0.29, 0.717) is 5.56 Å². The summed E-state index contributed by atoms with van der Waals surface area (Å²) in [5.41, 5.74) is 4.14. The van der Waals surface area contributed by atoms with Crippen molar-refractivity contribution in [3.63, 3.8) is 0 Å². The lowest BCUT2D eigenvalue weighted by Crippen LogP contribution is -2.54. The van der Waals surface area contributed by atoms with E-state index < -0.39 is 16.5 Å². The van der Waals surface area contributed by atoms with Gasteiger partial charge in [-0.2, -0.15) is 0 Å². The van der Waals surface area contributed by atoms with Crippen molar-refractivity contribution in [2.45, 2.75) is 44.8 Å². The van der Waals surface area contributed by atoms with Crippen LogP contribution in [-0.2, 0) is 6.54 Å². The van der Waals surface area contributed by atoms with E-state index in [0.717, 1.165) is 17.7 Å². The minimum absolute atomic E-state index is 0.157. The molecule has 2 aromatic rings. The van der Waals surface area contributed by atoms with Gasteiger partial charge >= 0.3 is 0 Å². The molecule has 1 aliphatic rings. The highest BCUT2D eigenvalue weighted by Crippen LogP contribution is 2.40. The van der Waals surface area contributed by atoms with Crippen molar-refractivity contribution in [2.75, 3.05) is 0 Å². The number of carbonyl (C=O) groups excluding carboxylic acids is 1. The predicted octanol–water partition coefficient (Wildman–Crippen LogP) is 5.65. The van der Waals surface area contributed by atoms with Gasteiger partial charge in [0.2, 0.25) is 5.12 Å². The van der Waals surface area contributed by atoms with Gasteiger partial charge < -0.3 is 4.23 Å². The second-order valence-corrected chi connectivity index (χ2v) is 18.4. The SMILES string of the molecule is C[Si]1(C)CC[Si](C)(C)N1Cc1cccc(C(=O)S)c1-c1ccccc1. The Labute approximate surface area is 158 Å². The van der Waals surface area contributed by atoms with E-state index in [9.17, 15) is 4.79 Å². The molecule has 1 aliphatic heterocycles. The molecule has 0 spiro atoms. The van der Waals surface area contributed by atoms with Crippen molar-refractivity contribution in [1.82, 2.24) is 4.23 Å². The lowest BCUT2D eigenvalue weighted by Gasteiger charge is -2.39. The Bertz CT molecular complexity index is 774. The van der Waals surface area contributed by atoms with Crippen LogP contribution in [0, 0.1) is 0 Å². The molecule has 0 atom stereocenters. The third-order valence-corrected chi connectivity index (χ3v) is 16.1. The number of benzene rings is 2. The zero-order chi connectivity index (χ0) is 18.2. The van der Waals surface area contributed by atoms with Crippen LogP contribution in [0.2, 0.25) is 38.3 Å². The highest BCUT2D eigenvalue weighted by atomic mass is 32.1. The molecule has 0 N–H and O–H groups in total. The van der Waals surface area contributed by atoms with E-state index in [-0.39, 0.29) is 5.12 Å². The Morgan fingerprint density at radius 3 is 2.12 bits per heavy atom. The molecule has 0 amide bonds. The largest absolute Gasteiger partial charge is 0.342 e. The molecule has 1 saturated heterocycles. The highest BCUT2D eigenvalue weighted by Gasteiger charge is 2.47. The molecule has 3 rings (SSSR count). The van der Waals surface area contributed by atoms with Gasteiger partial charge in [-0.15, -0.1) is 12.6 Å². The minimum Gasteiger partial charge on any atom is -0.342 e. The summed E-state index contributed by atoms with van der Waals surface area (Å²) in [4.78, 5) is 12.2. The Morgan fingerprint density at radius 2 is 1.56 bits per heavy atom. The van der Waals surface area contributed by atoms with E-state index in [1.54, 1.807) is 0 Å². The van der Waals surface area contributed by atoms with Gasteiger partial charge in [0.1, 0.15) is 16.5 Å².